The number of nitrogens with zero attached hydrogens (tertiary/aromatic N) is 2. The van der Waals surface area contributed by atoms with Crippen LogP contribution in [-0.2, 0) is 11.3 Å². The van der Waals surface area contributed by atoms with Gasteiger partial charge in [-0.25, -0.2) is 4.79 Å². The van der Waals surface area contributed by atoms with Crippen molar-refractivity contribution in [1.29, 1.82) is 0 Å². The number of para-hydroxylation sites is 2. The van der Waals surface area contributed by atoms with E-state index in [0.717, 1.165) is 12.1 Å². The lowest BCUT2D eigenvalue weighted by molar-refractivity contribution is -0.0784. The molecule has 1 N–H and O–H groups in total. The fraction of sp³-hybridized carbons (Fsp3) is 0.533. The lowest BCUT2D eigenvalue weighted by atomic mass is 10.2. The standard InChI is InChI=1S/C15H20N2O4/c1-11-10-20-12(9-18)8-16(11)6-7-17-13-4-2-3-5-14(13)21-15(17)19/h2-5,11-12,18H,6-10H2,1H3. The highest BCUT2D eigenvalue weighted by molar-refractivity contribution is 5.72. The second-order valence-electron chi connectivity index (χ2n) is 5.47. The second kappa shape index (κ2) is 6.01. The first kappa shape index (κ1) is 14.3. The van der Waals surface area contributed by atoms with Crippen LogP contribution in [0, 0.1) is 0 Å². The van der Waals surface area contributed by atoms with E-state index < -0.39 is 0 Å². The Morgan fingerprint density at radius 2 is 2.14 bits per heavy atom. The van der Waals surface area contributed by atoms with Gasteiger partial charge in [-0.2, -0.15) is 0 Å². The Balaban J connectivity index is 1.74. The lowest BCUT2D eigenvalue weighted by Crippen LogP contribution is -2.50. The zero-order valence-electron chi connectivity index (χ0n) is 12.1. The molecule has 1 aliphatic heterocycles. The summed E-state index contributed by atoms with van der Waals surface area (Å²) in [6.45, 7) is 4.69. The van der Waals surface area contributed by atoms with Crippen molar-refractivity contribution in [2.24, 2.45) is 0 Å². The van der Waals surface area contributed by atoms with E-state index in [1.165, 1.54) is 0 Å². The number of oxazole rings is 1. The van der Waals surface area contributed by atoms with Crippen LogP contribution >= 0.6 is 0 Å². The van der Waals surface area contributed by atoms with Gasteiger partial charge >= 0.3 is 5.76 Å². The minimum absolute atomic E-state index is 0.0256. The quantitative estimate of drug-likeness (QED) is 0.897. The smallest absolute Gasteiger partial charge is 0.408 e. The van der Waals surface area contributed by atoms with Gasteiger partial charge in [0, 0.05) is 25.7 Å². The number of aromatic nitrogens is 1. The summed E-state index contributed by atoms with van der Waals surface area (Å²) in [5.41, 5.74) is 1.44. The van der Waals surface area contributed by atoms with Gasteiger partial charge in [-0.1, -0.05) is 12.1 Å². The topological polar surface area (TPSA) is 67.8 Å². The van der Waals surface area contributed by atoms with Crippen molar-refractivity contribution in [2.75, 3.05) is 26.3 Å². The van der Waals surface area contributed by atoms with E-state index in [2.05, 4.69) is 11.8 Å². The molecule has 6 heteroatoms. The molecule has 0 bridgehead atoms. The van der Waals surface area contributed by atoms with Gasteiger partial charge < -0.3 is 14.3 Å². The van der Waals surface area contributed by atoms with Crippen molar-refractivity contribution in [3.05, 3.63) is 34.8 Å². The minimum atomic E-state index is -0.323. The highest BCUT2D eigenvalue weighted by Gasteiger charge is 2.25. The van der Waals surface area contributed by atoms with Crippen LogP contribution < -0.4 is 5.76 Å². The van der Waals surface area contributed by atoms with Gasteiger partial charge in [-0.15, -0.1) is 0 Å². The van der Waals surface area contributed by atoms with Crippen LogP contribution in [0.3, 0.4) is 0 Å². The number of aliphatic hydroxyl groups excluding tert-OH is 1. The molecule has 1 fully saturated rings. The molecule has 1 aliphatic rings. The first-order chi connectivity index (χ1) is 10.2. The van der Waals surface area contributed by atoms with Gasteiger partial charge in [-0.3, -0.25) is 9.47 Å². The summed E-state index contributed by atoms with van der Waals surface area (Å²) < 4.78 is 12.4. The number of rotatable bonds is 4. The molecule has 1 aromatic carbocycles. The fourth-order valence-corrected chi connectivity index (χ4v) is 2.75. The molecule has 114 valence electrons. The van der Waals surface area contributed by atoms with Crippen molar-refractivity contribution in [3.8, 4) is 0 Å². The summed E-state index contributed by atoms with van der Waals surface area (Å²) in [5, 5.41) is 9.21. The molecule has 2 aromatic rings. The van der Waals surface area contributed by atoms with Gasteiger partial charge in [0.2, 0.25) is 0 Å². The molecular formula is C15H20N2O4. The number of ether oxygens (including phenoxy) is 1. The predicted octanol–water partition coefficient (Wildman–Crippen LogP) is 0.676. The van der Waals surface area contributed by atoms with Crippen LogP contribution in [0.2, 0.25) is 0 Å². The summed E-state index contributed by atoms with van der Waals surface area (Å²) in [7, 11) is 0. The molecule has 2 atom stereocenters. The summed E-state index contributed by atoms with van der Waals surface area (Å²) >= 11 is 0. The maximum absolute atomic E-state index is 11.9. The first-order valence-corrected chi connectivity index (χ1v) is 7.24. The van der Waals surface area contributed by atoms with E-state index >= 15 is 0 Å². The summed E-state index contributed by atoms with van der Waals surface area (Å²) in [6, 6.07) is 7.71. The van der Waals surface area contributed by atoms with Crippen molar-refractivity contribution in [2.45, 2.75) is 25.6 Å². The van der Waals surface area contributed by atoms with E-state index in [0.29, 0.717) is 25.3 Å². The fourth-order valence-electron chi connectivity index (χ4n) is 2.75. The Bertz CT molecular complexity index is 663. The van der Waals surface area contributed by atoms with Crippen LogP contribution in [0.25, 0.3) is 11.1 Å². The van der Waals surface area contributed by atoms with Gasteiger partial charge in [0.1, 0.15) is 0 Å². The molecule has 1 saturated heterocycles. The Morgan fingerprint density at radius 3 is 2.95 bits per heavy atom. The molecule has 0 spiro atoms. The summed E-state index contributed by atoms with van der Waals surface area (Å²) in [6.07, 6.45) is -0.140. The third kappa shape index (κ3) is 2.88. The van der Waals surface area contributed by atoms with Gasteiger partial charge in [0.05, 0.1) is 24.8 Å². The van der Waals surface area contributed by atoms with Crippen molar-refractivity contribution < 1.29 is 14.3 Å². The van der Waals surface area contributed by atoms with E-state index in [1.807, 2.05) is 18.2 Å². The van der Waals surface area contributed by atoms with Gasteiger partial charge in [0.15, 0.2) is 5.58 Å². The summed E-state index contributed by atoms with van der Waals surface area (Å²) in [5.74, 6) is -0.323. The first-order valence-electron chi connectivity index (χ1n) is 7.24. The largest absolute Gasteiger partial charge is 0.419 e. The molecule has 0 amide bonds. The maximum atomic E-state index is 11.9. The van der Waals surface area contributed by atoms with E-state index in [9.17, 15) is 9.90 Å². The van der Waals surface area contributed by atoms with Crippen molar-refractivity contribution >= 4 is 11.1 Å². The molecule has 2 unspecified atom stereocenters. The third-order valence-corrected chi connectivity index (χ3v) is 4.02. The zero-order chi connectivity index (χ0) is 14.8. The Kier molecular flexibility index (Phi) is 4.10. The van der Waals surface area contributed by atoms with Crippen molar-refractivity contribution in [3.63, 3.8) is 0 Å². The molecule has 3 rings (SSSR count). The number of hydrogen-bond acceptors (Lipinski definition) is 5. The van der Waals surface area contributed by atoms with Crippen LogP contribution in [0.5, 0.6) is 0 Å². The van der Waals surface area contributed by atoms with Crippen LogP contribution in [-0.4, -0.2) is 53.0 Å². The Hall–Kier alpha value is -1.63. The maximum Gasteiger partial charge on any atom is 0.419 e. The van der Waals surface area contributed by atoms with Crippen molar-refractivity contribution in [1.82, 2.24) is 9.47 Å². The highest BCUT2D eigenvalue weighted by Crippen LogP contribution is 2.14. The molecule has 1 aromatic heterocycles. The Morgan fingerprint density at radius 1 is 1.33 bits per heavy atom. The predicted molar refractivity (Wildman–Crippen MR) is 78.3 cm³/mol. The molecular weight excluding hydrogens is 272 g/mol. The second-order valence-corrected chi connectivity index (χ2v) is 5.47. The van der Waals surface area contributed by atoms with Crippen LogP contribution in [0.15, 0.2) is 33.5 Å². The summed E-state index contributed by atoms with van der Waals surface area (Å²) in [4.78, 5) is 14.2. The molecule has 21 heavy (non-hydrogen) atoms. The third-order valence-electron chi connectivity index (χ3n) is 4.02. The zero-order valence-corrected chi connectivity index (χ0v) is 12.1. The normalized spacial score (nSPS) is 23.7. The van der Waals surface area contributed by atoms with Crippen LogP contribution in [0.4, 0.5) is 0 Å². The lowest BCUT2D eigenvalue weighted by Gasteiger charge is -2.37. The van der Waals surface area contributed by atoms with E-state index in [4.69, 9.17) is 9.15 Å². The average Bonchev–Trinajstić information content (AvgIpc) is 2.82. The number of benzene rings is 1. The molecule has 0 saturated carbocycles. The van der Waals surface area contributed by atoms with Gasteiger partial charge in [0.25, 0.3) is 0 Å². The van der Waals surface area contributed by atoms with Gasteiger partial charge in [-0.05, 0) is 19.1 Å². The Labute approximate surface area is 122 Å². The molecule has 0 radical (unpaired) electrons. The molecule has 0 aliphatic carbocycles. The highest BCUT2D eigenvalue weighted by atomic mass is 16.5. The number of morpholine rings is 1. The SMILES string of the molecule is CC1COC(CO)CN1CCn1c(=O)oc2ccccc21. The number of hydrogen-bond donors (Lipinski definition) is 1. The average molecular weight is 292 g/mol. The van der Waals surface area contributed by atoms with E-state index in [-0.39, 0.29) is 24.5 Å². The molecule has 6 nitrogen and oxygen atoms in total. The number of aliphatic hydroxyl groups is 1. The monoisotopic (exact) mass is 292 g/mol. The minimum Gasteiger partial charge on any atom is -0.408 e. The van der Waals surface area contributed by atoms with E-state index in [1.54, 1.807) is 10.6 Å². The molecule has 2 heterocycles. The van der Waals surface area contributed by atoms with Crippen LogP contribution in [0.1, 0.15) is 6.92 Å². The number of fused-ring (bicyclic) bond motifs is 1.